The molecule has 0 aromatic carbocycles. The SMILES string of the molecule is CCCCCCCCCC[N+](C)(C)CCCCCCCCCC.CCCCCCCCCC[N+](C)(C)CCCCCCCCCC.CCCCCCCCCC[N+](C)(C)CCCCCCCCCC.CCCCCCCCCC[N+](C)(C)CCCCCCCCCC.O=C([O-])C1(C(=O)[O-])CCCC1(C(=O)[O-])C(=O)[O-]. The molecule has 0 atom stereocenters. The van der Waals surface area contributed by atoms with Crippen LogP contribution in [-0.2, 0) is 19.2 Å². The molecule has 12 heteroatoms. The van der Waals surface area contributed by atoms with Crippen molar-refractivity contribution in [2.45, 2.75) is 486 Å². The Morgan fingerprint density at radius 1 is 0.183 bits per heavy atom. The van der Waals surface area contributed by atoms with E-state index in [4.69, 9.17) is 0 Å². The predicted octanol–water partition coefficient (Wildman–Crippen LogP) is 23.5. The number of quaternary nitrogens is 4. The fourth-order valence-corrected chi connectivity index (χ4v) is 16.2. The van der Waals surface area contributed by atoms with E-state index in [0.717, 1.165) is 0 Å². The number of rotatable bonds is 76. The first-order valence-corrected chi connectivity index (χ1v) is 48.4. The Labute approximate surface area is 682 Å². The molecule has 0 amide bonds. The molecule has 0 N–H and O–H groups in total. The van der Waals surface area contributed by atoms with E-state index < -0.39 is 47.5 Å². The van der Waals surface area contributed by atoms with Crippen molar-refractivity contribution in [3.8, 4) is 0 Å². The maximum atomic E-state index is 10.9. The third-order valence-electron chi connectivity index (χ3n) is 24.2. The largest absolute Gasteiger partial charge is 0.549 e. The number of aliphatic carboxylic acids is 4. The summed E-state index contributed by atoms with van der Waals surface area (Å²) in [6, 6.07) is 0. The molecule has 0 aromatic rings. The van der Waals surface area contributed by atoms with Crippen LogP contribution in [0, 0.1) is 10.8 Å². The summed E-state index contributed by atoms with van der Waals surface area (Å²) >= 11 is 0. The van der Waals surface area contributed by atoms with Gasteiger partial charge in [0, 0.05) is 0 Å². The van der Waals surface area contributed by atoms with Crippen LogP contribution < -0.4 is 20.4 Å². The van der Waals surface area contributed by atoms with Crippen molar-refractivity contribution in [1.29, 1.82) is 0 Å². The molecule has 1 aliphatic carbocycles. The molecule has 0 aromatic heterocycles. The van der Waals surface area contributed by atoms with E-state index >= 15 is 0 Å². The number of hydrogen-bond donors (Lipinski definition) is 0. The Morgan fingerprint density at radius 3 is 0.367 bits per heavy atom. The molecule has 0 heterocycles. The first-order chi connectivity index (χ1) is 52.2. The summed E-state index contributed by atoms with van der Waals surface area (Å²) in [5, 5.41) is 43.5. The lowest BCUT2D eigenvalue weighted by Gasteiger charge is -2.48. The van der Waals surface area contributed by atoms with Gasteiger partial charge in [-0.3, -0.25) is 0 Å². The smallest absolute Gasteiger partial charge is 0.0782 e. The minimum Gasteiger partial charge on any atom is -0.549 e. The highest BCUT2D eigenvalue weighted by Gasteiger charge is 2.59. The molecule has 0 bridgehead atoms. The average molecular weight is 1550 g/mol. The van der Waals surface area contributed by atoms with Gasteiger partial charge in [0.05, 0.1) is 143 Å². The van der Waals surface area contributed by atoms with Crippen LogP contribution in [0.3, 0.4) is 0 Å². The molecule has 0 unspecified atom stereocenters. The van der Waals surface area contributed by atoms with Gasteiger partial charge in [0.25, 0.3) is 0 Å². The van der Waals surface area contributed by atoms with E-state index in [9.17, 15) is 39.6 Å². The minimum absolute atomic E-state index is 0.246. The van der Waals surface area contributed by atoms with Crippen LogP contribution in [0.25, 0.3) is 0 Å². The summed E-state index contributed by atoms with van der Waals surface area (Å²) in [7, 11) is 19.5. The molecular weight excluding hydrogens is 1350 g/mol. The lowest BCUT2D eigenvalue weighted by molar-refractivity contribution is -0.890. The van der Waals surface area contributed by atoms with Crippen LogP contribution in [0.5, 0.6) is 0 Å². The fraction of sp³-hybridized carbons (Fsp3) is 0.959. The summed E-state index contributed by atoms with van der Waals surface area (Å²) in [5.74, 6) is -9.32. The summed E-state index contributed by atoms with van der Waals surface area (Å²) in [5.41, 5.74) is -6.32. The van der Waals surface area contributed by atoms with Gasteiger partial charge in [-0.05, 0) is 116 Å². The normalized spacial score (nSPS) is 13.4. The molecule has 109 heavy (non-hydrogen) atoms. The zero-order valence-corrected chi connectivity index (χ0v) is 77.1. The van der Waals surface area contributed by atoms with Gasteiger partial charge >= 0.3 is 0 Å². The van der Waals surface area contributed by atoms with Gasteiger partial charge in [0.15, 0.2) is 0 Å². The monoisotopic (exact) mass is 1550 g/mol. The Balaban J connectivity index is -0.000000634. The molecule has 1 aliphatic rings. The first kappa shape index (κ1) is 113. The Kier molecular flexibility index (Phi) is 82.5. The highest BCUT2D eigenvalue weighted by atomic mass is 16.4. The fourth-order valence-electron chi connectivity index (χ4n) is 16.2. The second-order valence-corrected chi connectivity index (χ2v) is 37.1. The van der Waals surface area contributed by atoms with Crippen molar-refractivity contribution in [2.75, 3.05) is 109 Å². The lowest BCUT2D eigenvalue weighted by atomic mass is 9.65. The molecule has 1 fully saturated rings. The Bertz CT molecular complexity index is 1590. The highest BCUT2D eigenvalue weighted by molar-refractivity contribution is 6.11. The number of unbranched alkanes of at least 4 members (excludes halogenated alkanes) is 56. The second-order valence-electron chi connectivity index (χ2n) is 37.1. The van der Waals surface area contributed by atoms with E-state index in [1.165, 1.54) is 481 Å². The minimum atomic E-state index is -3.16. The van der Waals surface area contributed by atoms with E-state index in [1.807, 2.05) is 0 Å². The summed E-state index contributed by atoms with van der Waals surface area (Å²) in [6.07, 6.45) is 90.4. The van der Waals surface area contributed by atoms with Crippen LogP contribution in [0.2, 0.25) is 0 Å². The average Bonchev–Trinajstić information content (AvgIpc) is 1.60. The van der Waals surface area contributed by atoms with Gasteiger partial charge in [-0.1, -0.05) is 370 Å². The lowest BCUT2D eigenvalue weighted by Crippen LogP contribution is -2.69. The molecule has 1 rings (SSSR count). The molecule has 1 saturated carbocycles. The molecule has 654 valence electrons. The van der Waals surface area contributed by atoms with Crippen LogP contribution >= 0.6 is 0 Å². The van der Waals surface area contributed by atoms with Gasteiger partial charge in [-0.15, -0.1) is 0 Å². The van der Waals surface area contributed by atoms with Crippen molar-refractivity contribution in [3.63, 3.8) is 0 Å². The third-order valence-corrected chi connectivity index (χ3v) is 24.2. The van der Waals surface area contributed by atoms with Crippen LogP contribution in [0.15, 0.2) is 0 Å². The van der Waals surface area contributed by atoms with Crippen molar-refractivity contribution in [2.24, 2.45) is 10.8 Å². The molecule has 0 aliphatic heterocycles. The number of carboxylic acid groups (broad SMARTS) is 4. The number of carbonyl (C=O) groups excluding carboxylic acids is 4. The third kappa shape index (κ3) is 70.8. The van der Waals surface area contributed by atoms with E-state index in [-0.39, 0.29) is 6.42 Å². The first-order valence-electron chi connectivity index (χ1n) is 48.4. The molecular formula is C97H198N4O8. The van der Waals surface area contributed by atoms with E-state index in [0.29, 0.717) is 0 Å². The van der Waals surface area contributed by atoms with Gasteiger partial charge in [-0.25, -0.2) is 0 Å². The quantitative estimate of drug-likeness (QED) is 0.0330. The van der Waals surface area contributed by atoms with Crippen LogP contribution in [0.1, 0.15) is 486 Å². The van der Waals surface area contributed by atoms with Crippen molar-refractivity contribution in [1.82, 2.24) is 0 Å². The van der Waals surface area contributed by atoms with Gasteiger partial charge in [0.1, 0.15) is 0 Å². The van der Waals surface area contributed by atoms with Crippen molar-refractivity contribution in [3.05, 3.63) is 0 Å². The van der Waals surface area contributed by atoms with E-state index in [2.05, 4.69) is 112 Å². The summed E-state index contributed by atoms with van der Waals surface area (Å²) < 4.78 is 4.97. The van der Waals surface area contributed by atoms with Crippen LogP contribution in [-0.4, -0.2) is 151 Å². The zero-order chi connectivity index (χ0) is 82.3. The maximum absolute atomic E-state index is 10.9. The van der Waals surface area contributed by atoms with Crippen molar-refractivity contribution < 1.29 is 57.5 Å². The Morgan fingerprint density at radius 2 is 0.275 bits per heavy atom. The standard InChI is InChI=1S/4C22H48N.C9H10O8/c4*1-5-7-9-11-13-15-17-19-21-23(3,4)22-20-18-16-14-12-10-8-6-2;10-4(11)8(5(12)13)2-1-3-9(8,6(14)15)7(16)17/h4*5-22H2,1-4H3;1-3H2,(H,10,11)(H,12,13)(H,14,15)(H,16,17)/q4*+1;/p-4. The number of hydrogen-bond acceptors (Lipinski definition) is 8. The zero-order valence-electron chi connectivity index (χ0n) is 77.1. The Hall–Kier alpha value is -2.28. The van der Waals surface area contributed by atoms with Gasteiger partial charge in [-0.2, -0.15) is 0 Å². The number of carbonyl (C=O) groups is 4. The topological polar surface area (TPSA) is 161 Å². The number of nitrogens with zero attached hydrogens (tertiary/aromatic N) is 4. The molecule has 0 radical (unpaired) electrons. The molecule has 0 saturated heterocycles. The summed E-state index contributed by atoms with van der Waals surface area (Å²) in [4.78, 5) is 43.5. The highest BCUT2D eigenvalue weighted by Crippen LogP contribution is 2.52. The summed E-state index contributed by atoms with van der Waals surface area (Å²) in [6.45, 7) is 29.4. The van der Waals surface area contributed by atoms with E-state index in [1.54, 1.807) is 0 Å². The maximum Gasteiger partial charge on any atom is 0.0782 e. The van der Waals surface area contributed by atoms with Crippen molar-refractivity contribution >= 4 is 23.9 Å². The second kappa shape index (κ2) is 79.6. The predicted molar refractivity (Wildman–Crippen MR) is 467 cm³/mol. The number of carboxylic acids is 4. The van der Waals surface area contributed by atoms with Crippen LogP contribution in [0.4, 0.5) is 0 Å². The van der Waals surface area contributed by atoms with Gasteiger partial charge < -0.3 is 57.5 Å². The van der Waals surface area contributed by atoms with Gasteiger partial charge in [0.2, 0.25) is 0 Å². The molecule has 12 nitrogen and oxygen atoms in total. The molecule has 0 spiro atoms.